The summed E-state index contributed by atoms with van der Waals surface area (Å²) in [5, 5.41) is 18.3. The molecule has 0 radical (unpaired) electrons. The molecule has 1 aromatic rings. The van der Waals surface area contributed by atoms with Crippen LogP contribution in [-0.4, -0.2) is 13.2 Å². The van der Waals surface area contributed by atoms with Gasteiger partial charge in [0.05, 0.1) is 18.5 Å². The summed E-state index contributed by atoms with van der Waals surface area (Å²) in [6.07, 6.45) is 0. The van der Waals surface area contributed by atoms with Crippen molar-refractivity contribution >= 4 is 28.8 Å². The van der Waals surface area contributed by atoms with E-state index in [4.69, 9.17) is 19.6 Å². The number of nitriles is 2. The second kappa shape index (κ2) is 8.12. The van der Waals surface area contributed by atoms with Crippen LogP contribution in [0.25, 0.3) is 5.31 Å². The van der Waals surface area contributed by atoms with Gasteiger partial charge in [-0.15, -0.1) is 0 Å². The Balaban J connectivity index is 3.58. The van der Waals surface area contributed by atoms with Crippen molar-refractivity contribution in [3.63, 3.8) is 0 Å². The number of nitrogens with zero attached hydrogens (tertiary/aromatic N) is 2. The highest BCUT2D eigenvalue weighted by molar-refractivity contribution is 9.10. The first kappa shape index (κ1) is 17.6. The monoisotopic (exact) mass is 368 g/mol. The Labute approximate surface area is 132 Å². The van der Waals surface area contributed by atoms with Crippen molar-refractivity contribution in [3.8, 4) is 12.1 Å². The molecule has 0 aliphatic heterocycles. The van der Waals surface area contributed by atoms with Crippen LogP contribution in [0.1, 0.15) is 19.4 Å². The first-order valence-electron chi connectivity index (χ1n) is 6.22. The van der Waals surface area contributed by atoms with E-state index in [-0.39, 0.29) is 24.1 Å². The van der Waals surface area contributed by atoms with Crippen molar-refractivity contribution < 1.29 is 13.6 Å². The van der Waals surface area contributed by atoms with Crippen molar-refractivity contribution in [2.75, 3.05) is 13.2 Å². The van der Waals surface area contributed by atoms with Gasteiger partial charge in [-0.05, 0) is 31.5 Å². The Morgan fingerprint density at radius 1 is 1.14 bits per heavy atom. The summed E-state index contributed by atoms with van der Waals surface area (Å²) in [6, 6.07) is 10.3. The van der Waals surface area contributed by atoms with E-state index in [1.165, 1.54) is 0 Å². The lowest BCUT2D eigenvalue weighted by molar-refractivity contribution is 0.230. The molecule has 1 aromatic carbocycles. The summed E-state index contributed by atoms with van der Waals surface area (Å²) >= 11 is 3.30. The van der Waals surface area contributed by atoms with E-state index in [1.54, 1.807) is 50.3 Å². The van der Waals surface area contributed by atoms with Gasteiger partial charge < -0.3 is 9.05 Å². The minimum atomic E-state index is -3.74. The van der Waals surface area contributed by atoms with Gasteiger partial charge in [0.25, 0.3) is 0 Å². The molecular weight excluding hydrogens is 355 g/mol. The number of hydrogen-bond acceptors (Lipinski definition) is 5. The molecule has 0 aromatic heterocycles. The van der Waals surface area contributed by atoms with Crippen LogP contribution in [0, 0.1) is 22.7 Å². The predicted octanol–water partition coefficient (Wildman–Crippen LogP) is 4.47. The van der Waals surface area contributed by atoms with Gasteiger partial charge in [-0.2, -0.15) is 10.5 Å². The molecule has 5 nitrogen and oxygen atoms in total. The lowest BCUT2D eigenvalue weighted by atomic mass is 10.1. The fourth-order valence-electron chi connectivity index (χ4n) is 1.68. The van der Waals surface area contributed by atoms with E-state index in [1.807, 2.05) is 0 Å². The van der Waals surface area contributed by atoms with Crippen LogP contribution in [0.3, 0.4) is 0 Å². The molecule has 110 valence electrons. The molecule has 0 amide bonds. The lowest BCUT2D eigenvalue weighted by Crippen LogP contribution is -2.01. The van der Waals surface area contributed by atoms with Crippen LogP contribution in [0.2, 0.25) is 0 Å². The van der Waals surface area contributed by atoms with Gasteiger partial charge in [-0.1, -0.05) is 28.1 Å². The first-order valence-corrected chi connectivity index (χ1v) is 8.56. The number of allylic oxidation sites excluding steroid dienone is 1. The molecule has 0 spiro atoms. The molecule has 0 N–H and O–H groups in total. The molecule has 0 saturated heterocycles. The van der Waals surface area contributed by atoms with Gasteiger partial charge >= 0.3 is 7.60 Å². The van der Waals surface area contributed by atoms with Crippen molar-refractivity contribution in [1.82, 2.24) is 0 Å². The van der Waals surface area contributed by atoms with E-state index in [9.17, 15) is 4.57 Å². The van der Waals surface area contributed by atoms with E-state index in [0.29, 0.717) is 5.56 Å². The molecule has 7 heteroatoms. The Bertz CT molecular complexity index is 630. The van der Waals surface area contributed by atoms with Crippen molar-refractivity contribution in [3.05, 3.63) is 39.9 Å². The highest BCUT2D eigenvalue weighted by Crippen LogP contribution is 2.61. The Hall–Kier alpha value is -1.43. The van der Waals surface area contributed by atoms with Gasteiger partial charge in [0, 0.05) is 4.47 Å². The summed E-state index contributed by atoms with van der Waals surface area (Å²) in [7, 11) is -3.74. The van der Waals surface area contributed by atoms with E-state index in [2.05, 4.69) is 15.9 Å². The molecule has 0 atom stereocenters. The smallest absolute Gasteiger partial charge is 0.305 e. The summed E-state index contributed by atoms with van der Waals surface area (Å²) < 4.78 is 24.3. The van der Waals surface area contributed by atoms with Crippen LogP contribution in [-0.2, 0) is 13.6 Å². The van der Waals surface area contributed by atoms with Gasteiger partial charge in [-0.3, -0.25) is 4.57 Å². The third-order valence-electron chi connectivity index (χ3n) is 2.45. The normalized spacial score (nSPS) is 10.5. The molecule has 0 aliphatic carbocycles. The van der Waals surface area contributed by atoms with Crippen LogP contribution >= 0.6 is 23.5 Å². The fourth-order valence-corrected chi connectivity index (χ4v) is 3.80. The number of benzene rings is 1. The van der Waals surface area contributed by atoms with E-state index >= 15 is 0 Å². The summed E-state index contributed by atoms with van der Waals surface area (Å²) in [5.41, 5.74) is 0.184. The van der Waals surface area contributed by atoms with E-state index in [0.717, 1.165) is 4.47 Å². The third kappa shape index (κ3) is 4.27. The molecule has 0 bridgehead atoms. The fraction of sp³-hybridized carbons (Fsp3) is 0.286. The van der Waals surface area contributed by atoms with Crippen LogP contribution in [0.5, 0.6) is 0 Å². The minimum Gasteiger partial charge on any atom is -0.305 e. The third-order valence-corrected chi connectivity index (χ3v) is 5.20. The average molecular weight is 369 g/mol. The number of rotatable bonds is 6. The maximum atomic E-state index is 12.9. The molecule has 0 aliphatic rings. The maximum Gasteiger partial charge on any atom is 0.364 e. The molecular formula is C14H14BrN2O3P. The van der Waals surface area contributed by atoms with Crippen molar-refractivity contribution in [2.45, 2.75) is 13.8 Å². The summed E-state index contributed by atoms with van der Waals surface area (Å²) in [5.74, 6) is 0. The first-order chi connectivity index (χ1) is 10.0. The van der Waals surface area contributed by atoms with Crippen LogP contribution in [0.15, 0.2) is 34.3 Å². The van der Waals surface area contributed by atoms with Gasteiger partial charge in [0.15, 0.2) is 0 Å². The van der Waals surface area contributed by atoms with Gasteiger partial charge in [0.2, 0.25) is 0 Å². The van der Waals surface area contributed by atoms with Crippen molar-refractivity contribution in [2.24, 2.45) is 0 Å². The Kier molecular flexibility index (Phi) is 6.81. The molecule has 0 unspecified atom stereocenters. The average Bonchev–Trinajstić information content (AvgIpc) is 2.46. The Morgan fingerprint density at radius 3 is 2.00 bits per heavy atom. The Morgan fingerprint density at radius 2 is 1.62 bits per heavy atom. The zero-order valence-electron chi connectivity index (χ0n) is 11.7. The second-order valence-electron chi connectivity index (χ2n) is 3.79. The second-order valence-corrected chi connectivity index (χ2v) is 6.66. The van der Waals surface area contributed by atoms with Gasteiger partial charge in [-0.25, -0.2) is 0 Å². The number of halogens is 1. The quantitative estimate of drug-likeness (QED) is 0.546. The highest BCUT2D eigenvalue weighted by atomic mass is 79.9. The summed E-state index contributed by atoms with van der Waals surface area (Å²) in [6.45, 7) is 3.62. The largest absolute Gasteiger partial charge is 0.364 e. The predicted molar refractivity (Wildman–Crippen MR) is 83.1 cm³/mol. The number of hydrogen-bond donors (Lipinski definition) is 0. The van der Waals surface area contributed by atoms with E-state index < -0.39 is 7.60 Å². The molecule has 1 rings (SSSR count). The standard InChI is InChI=1S/C14H14BrN2O3P/c1-3-19-21(18,20-4-2)14(12(9-16)10-17)11-5-7-13(15)8-6-11/h5-8H,3-4H2,1-2H3. The SMILES string of the molecule is CCOP(=O)(OCC)C(=C(C#N)C#N)c1ccc(Br)cc1. The molecule has 0 heterocycles. The highest BCUT2D eigenvalue weighted by Gasteiger charge is 2.34. The molecule has 0 fully saturated rings. The van der Waals surface area contributed by atoms with Gasteiger partial charge in [0.1, 0.15) is 17.7 Å². The lowest BCUT2D eigenvalue weighted by Gasteiger charge is -2.20. The van der Waals surface area contributed by atoms with Crippen molar-refractivity contribution in [1.29, 1.82) is 10.5 Å². The molecule has 0 saturated carbocycles. The minimum absolute atomic E-state index is 0.00343. The van der Waals surface area contributed by atoms with Crippen LogP contribution < -0.4 is 0 Å². The zero-order valence-corrected chi connectivity index (χ0v) is 14.1. The topological polar surface area (TPSA) is 83.1 Å². The molecule has 21 heavy (non-hydrogen) atoms. The van der Waals surface area contributed by atoms with Crippen LogP contribution in [0.4, 0.5) is 0 Å². The summed E-state index contributed by atoms with van der Waals surface area (Å²) in [4.78, 5) is 0. The zero-order chi connectivity index (χ0) is 15.9. The maximum absolute atomic E-state index is 12.9.